The summed E-state index contributed by atoms with van der Waals surface area (Å²) in [4.78, 5) is 4.34. The average molecular weight is 274 g/mol. The highest BCUT2D eigenvalue weighted by Gasteiger charge is 2.33. The summed E-state index contributed by atoms with van der Waals surface area (Å²) < 4.78 is 23.8. The van der Waals surface area contributed by atoms with Gasteiger partial charge >= 0.3 is 0 Å². The summed E-state index contributed by atoms with van der Waals surface area (Å²) in [6, 6.07) is -0.318. The molecule has 0 radical (unpaired) electrons. The number of sulfone groups is 1. The van der Waals surface area contributed by atoms with Crippen LogP contribution in [-0.2, 0) is 16.3 Å². The third kappa shape index (κ3) is 3.05. The SMILES string of the molecule is Cc1nc(CC(N)C2CCCCS2(=O)=O)cs1. The van der Waals surface area contributed by atoms with Crippen molar-refractivity contribution in [2.75, 3.05) is 5.75 Å². The second kappa shape index (κ2) is 5.04. The molecule has 1 aromatic rings. The fourth-order valence-corrected chi connectivity index (χ4v) is 5.02. The largest absolute Gasteiger partial charge is 0.326 e. The molecule has 0 aliphatic carbocycles. The number of nitrogens with two attached hydrogens (primary N) is 1. The molecule has 2 N–H and O–H groups in total. The van der Waals surface area contributed by atoms with Crippen LogP contribution in [0.2, 0.25) is 0 Å². The van der Waals surface area contributed by atoms with Gasteiger partial charge in [0.15, 0.2) is 9.84 Å². The van der Waals surface area contributed by atoms with Gasteiger partial charge in [0.25, 0.3) is 0 Å². The van der Waals surface area contributed by atoms with Gasteiger partial charge in [-0.25, -0.2) is 13.4 Å². The number of thiazole rings is 1. The molecule has 1 aliphatic heterocycles. The van der Waals surface area contributed by atoms with Crippen LogP contribution in [-0.4, -0.2) is 30.4 Å². The Morgan fingerprint density at radius 1 is 1.59 bits per heavy atom. The Kier molecular flexibility index (Phi) is 3.85. The zero-order valence-electron chi connectivity index (χ0n) is 9.93. The maximum atomic E-state index is 11.9. The van der Waals surface area contributed by atoms with Gasteiger partial charge in [-0.3, -0.25) is 0 Å². The molecule has 2 rings (SSSR count). The molecule has 4 nitrogen and oxygen atoms in total. The molecule has 6 heteroatoms. The molecule has 96 valence electrons. The normalized spacial score (nSPS) is 25.6. The van der Waals surface area contributed by atoms with Crippen LogP contribution in [0, 0.1) is 6.92 Å². The maximum absolute atomic E-state index is 11.9. The Balaban J connectivity index is 2.06. The van der Waals surface area contributed by atoms with Crippen LogP contribution in [0.5, 0.6) is 0 Å². The smallest absolute Gasteiger partial charge is 0.154 e. The molecule has 0 saturated carbocycles. The number of rotatable bonds is 3. The molecule has 17 heavy (non-hydrogen) atoms. The molecule has 0 amide bonds. The van der Waals surface area contributed by atoms with E-state index in [0.717, 1.165) is 23.5 Å². The Morgan fingerprint density at radius 2 is 2.35 bits per heavy atom. The number of hydrogen-bond acceptors (Lipinski definition) is 5. The van der Waals surface area contributed by atoms with E-state index in [1.807, 2.05) is 12.3 Å². The van der Waals surface area contributed by atoms with Crippen LogP contribution < -0.4 is 5.73 Å². The lowest BCUT2D eigenvalue weighted by Gasteiger charge is -2.27. The van der Waals surface area contributed by atoms with Gasteiger partial charge in [0, 0.05) is 17.8 Å². The van der Waals surface area contributed by atoms with Crippen molar-refractivity contribution in [3.8, 4) is 0 Å². The third-order valence-electron chi connectivity index (χ3n) is 3.22. The summed E-state index contributed by atoms with van der Waals surface area (Å²) >= 11 is 1.58. The van der Waals surface area contributed by atoms with E-state index in [2.05, 4.69) is 4.98 Å². The summed E-state index contributed by atoms with van der Waals surface area (Å²) in [5.41, 5.74) is 6.97. The minimum atomic E-state index is -2.99. The second-order valence-corrected chi connectivity index (χ2v) is 8.03. The van der Waals surface area contributed by atoms with E-state index in [9.17, 15) is 8.42 Å². The van der Waals surface area contributed by atoms with E-state index in [4.69, 9.17) is 5.73 Å². The molecule has 0 aromatic carbocycles. The van der Waals surface area contributed by atoms with E-state index >= 15 is 0 Å². The molecule has 1 aromatic heterocycles. The maximum Gasteiger partial charge on any atom is 0.154 e. The third-order valence-corrected chi connectivity index (χ3v) is 6.41. The summed E-state index contributed by atoms with van der Waals surface area (Å²) in [5, 5.41) is 2.59. The standard InChI is InChI=1S/C11H18N2O2S2/c1-8-13-9(7-16-8)6-10(12)11-4-2-3-5-17(11,14)15/h7,10-11H,2-6,12H2,1H3. The predicted octanol–water partition coefficient (Wildman–Crippen LogP) is 1.29. The van der Waals surface area contributed by atoms with Gasteiger partial charge in [0.05, 0.1) is 21.7 Å². The first-order valence-electron chi connectivity index (χ1n) is 5.87. The van der Waals surface area contributed by atoms with E-state index in [0.29, 0.717) is 18.6 Å². The van der Waals surface area contributed by atoms with Crippen molar-refractivity contribution < 1.29 is 8.42 Å². The molecular weight excluding hydrogens is 256 g/mol. The minimum absolute atomic E-state index is 0.293. The zero-order valence-corrected chi connectivity index (χ0v) is 11.6. The van der Waals surface area contributed by atoms with Crippen molar-refractivity contribution >= 4 is 21.2 Å². The van der Waals surface area contributed by atoms with Crippen molar-refractivity contribution in [2.24, 2.45) is 5.73 Å². The van der Waals surface area contributed by atoms with Gasteiger partial charge in [-0.05, 0) is 19.8 Å². The van der Waals surface area contributed by atoms with E-state index in [-0.39, 0.29) is 11.3 Å². The molecule has 1 saturated heterocycles. The Morgan fingerprint density at radius 3 is 2.94 bits per heavy atom. The fraction of sp³-hybridized carbons (Fsp3) is 0.727. The van der Waals surface area contributed by atoms with E-state index in [1.165, 1.54) is 0 Å². The summed E-state index contributed by atoms with van der Waals surface area (Å²) in [6.07, 6.45) is 3.01. The highest BCUT2D eigenvalue weighted by molar-refractivity contribution is 7.92. The van der Waals surface area contributed by atoms with Crippen LogP contribution in [0.25, 0.3) is 0 Å². The Bertz CT molecular complexity index is 481. The van der Waals surface area contributed by atoms with Gasteiger partial charge in [-0.1, -0.05) is 6.42 Å². The fourth-order valence-electron chi connectivity index (χ4n) is 2.34. The van der Waals surface area contributed by atoms with Gasteiger partial charge < -0.3 is 5.73 Å². The number of aryl methyl sites for hydroxylation is 1. The highest BCUT2D eigenvalue weighted by atomic mass is 32.2. The monoisotopic (exact) mass is 274 g/mol. The molecule has 1 fully saturated rings. The van der Waals surface area contributed by atoms with Crippen LogP contribution in [0.15, 0.2) is 5.38 Å². The zero-order chi connectivity index (χ0) is 12.5. The van der Waals surface area contributed by atoms with Crippen molar-refractivity contribution in [2.45, 2.75) is 43.9 Å². The number of hydrogen-bond donors (Lipinski definition) is 1. The lowest BCUT2D eigenvalue weighted by atomic mass is 10.0. The topological polar surface area (TPSA) is 73.0 Å². The minimum Gasteiger partial charge on any atom is -0.326 e. The molecule has 0 spiro atoms. The molecule has 2 atom stereocenters. The lowest BCUT2D eigenvalue weighted by molar-refractivity contribution is 0.493. The van der Waals surface area contributed by atoms with Crippen molar-refractivity contribution in [3.63, 3.8) is 0 Å². The van der Waals surface area contributed by atoms with Gasteiger partial charge in [0.1, 0.15) is 0 Å². The van der Waals surface area contributed by atoms with Crippen LogP contribution in [0.3, 0.4) is 0 Å². The molecular formula is C11H18N2O2S2. The van der Waals surface area contributed by atoms with Crippen molar-refractivity contribution in [1.82, 2.24) is 4.98 Å². The average Bonchev–Trinajstić information content (AvgIpc) is 2.63. The van der Waals surface area contributed by atoms with Gasteiger partial charge in [0.2, 0.25) is 0 Å². The van der Waals surface area contributed by atoms with Crippen LogP contribution in [0.1, 0.15) is 30.0 Å². The van der Waals surface area contributed by atoms with Crippen molar-refractivity contribution in [1.29, 1.82) is 0 Å². The summed E-state index contributed by atoms with van der Waals surface area (Å²) in [5.74, 6) is 0.293. The summed E-state index contributed by atoms with van der Waals surface area (Å²) in [6.45, 7) is 1.94. The molecule has 2 unspecified atom stereocenters. The predicted molar refractivity (Wildman–Crippen MR) is 70.0 cm³/mol. The van der Waals surface area contributed by atoms with E-state index in [1.54, 1.807) is 11.3 Å². The first kappa shape index (κ1) is 13.0. The highest BCUT2D eigenvalue weighted by Crippen LogP contribution is 2.23. The quantitative estimate of drug-likeness (QED) is 0.901. The molecule has 1 aliphatic rings. The molecule has 2 heterocycles. The first-order chi connectivity index (χ1) is 7.99. The van der Waals surface area contributed by atoms with Crippen LogP contribution >= 0.6 is 11.3 Å². The van der Waals surface area contributed by atoms with E-state index < -0.39 is 9.84 Å². The lowest BCUT2D eigenvalue weighted by Crippen LogP contribution is -2.44. The number of nitrogens with zero attached hydrogens (tertiary/aromatic N) is 1. The first-order valence-corrected chi connectivity index (χ1v) is 8.47. The Hall–Kier alpha value is -0.460. The van der Waals surface area contributed by atoms with Crippen LogP contribution in [0.4, 0.5) is 0 Å². The van der Waals surface area contributed by atoms with Gasteiger partial charge in [-0.15, -0.1) is 11.3 Å². The Labute approximate surface area is 106 Å². The molecule has 0 bridgehead atoms. The van der Waals surface area contributed by atoms with Gasteiger partial charge in [-0.2, -0.15) is 0 Å². The second-order valence-electron chi connectivity index (χ2n) is 4.63. The summed E-state index contributed by atoms with van der Waals surface area (Å²) in [7, 11) is -2.99. The van der Waals surface area contributed by atoms with Crippen molar-refractivity contribution in [3.05, 3.63) is 16.1 Å². The number of aromatic nitrogens is 1.